The summed E-state index contributed by atoms with van der Waals surface area (Å²) < 4.78 is 10.9. The maximum absolute atomic E-state index is 5.84. The Hall–Kier alpha value is -0.900. The molecule has 2 N–H and O–H groups in total. The van der Waals surface area contributed by atoms with E-state index in [2.05, 4.69) is 58.6 Å². The van der Waals surface area contributed by atoms with Crippen molar-refractivity contribution in [2.75, 3.05) is 40.4 Å². The first-order valence-electron chi connectivity index (χ1n) is 9.00. The van der Waals surface area contributed by atoms with Crippen LogP contribution in [-0.2, 0) is 22.6 Å². The van der Waals surface area contributed by atoms with E-state index in [1.165, 1.54) is 11.1 Å². The van der Waals surface area contributed by atoms with Crippen molar-refractivity contribution in [1.82, 2.24) is 15.5 Å². The van der Waals surface area contributed by atoms with Crippen LogP contribution in [0.25, 0.3) is 0 Å². The standard InChI is InChI=1S/C19H32N4O2.HI/c1-15-12-23(13-16(2)25-15)14-18-8-6-5-7-17(18)11-22-19(20-3)21-9-10-24-4;/h5-8,15-16H,9-14H2,1-4H3,(H2,20,21,22);1H. The molecule has 1 aromatic carbocycles. The van der Waals surface area contributed by atoms with Gasteiger partial charge in [-0.3, -0.25) is 9.89 Å². The number of nitrogens with one attached hydrogen (secondary N) is 2. The summed E-state index contributed by atoms with van der Waals surface area (Å²) in [6.45, 7) is 9.34. The fraction of sp³-hybridized carbons (Fsp3) is 0.632. The molecule has 0 radical (unpaired) electrons. The zero-order valence-corrected chi connectivity index (χ0v) is 18.7. The van der Waals surface area contributed by atoms with Crippen molar-refractivity contribution in [2.24, 2.45) is 4.99 Å². The van der Waals surface area contributed by atoms with Crippen LogP contribution in [0.5, 0.6) is 0 Å². The van der Waals surface area contributed by atoms with Gasteiger partial charge in [0.05, 0.1) is 18.8 Å². The molecular formula is C19H33IN4O2. The second-order valence-corrected chi connectivity index (χ2v) is 6.57. The van der Waals surface area contributed by atoms with Gasteiger partial charge < -0.3 is 20.1 Å². The molecule has 1 aliphatic heterocycles. The molecule has 148 valence electrons. The largest absolute Gasteiger partial charge is 0.383 e. The lowest BCUT2D eigenvalue weighted by molar-refractivity contribution is -0.0705. The van der Waals surface area contributed by atoms with Crippen LogP contribution in [0.2, 0.25) is 0 Å². The second-order valence-electron chi connectivity index (χ2n) is 6.57. The van der Waals surface area contributed by atoms with Crippen LogP contribution in [0.3, 0.4) is 0 Å². The molecule has 1 heterocycles. The first-order chi connectivity index (χ1) is 12.1. The minimum Gasteiger partial charge on any atom is -0.383 e. The van der Waals surface area contributed by atoms with E-state index in [1.807, 2.05) is 0 Å². The van der Waals surface area contributed by atoms with Crippen molar-refractivity contribution in [2.45, 2.75) is 39.1 Å². The quantitative estimate of drug-likeness (QED) is 0.274. The molecule has 2 atom stereocenters. The summed E-state index contributed by atoms with van der Waals surface area (Å²) in [4.78, 5) is 6.73. The summed E-state index contributed by atoms with van der Waals surface area (Å²) in [6, 6.07) is 8.59. The molecule has 1 aromatic rings. The number of methoxy groups -OCH3 is 1. The average Bonchev–Trinajstić information content (AvgIpc) is 2.58. The summed E-state index contributed by atoms with van der Waals surface area (Å²) in [5.41, 5.74) is 2.65. The third-order valence-electron chi connectivity index (χ3n) is 4.28. The summed E-state index contributed by atoms with van der Waals surface area (Å²) in [7, 11) is 3.48. The number of ether oxygens (including phenoxy) is 2. The molecule has 0 spiro atoms. The Morgan fingerprint density at radius 3 is 2.46 bits per heavy atom. The van der Waals surface area contributed by atoms with Crippen LogP contribution in [0, 0.1) is 0 Å². The number of hydrogen-bond acceptors (Lipinski definition) is 4. The number of hydrogen-bond donors (Lipinski definition) is 2. The monoisotopic (exact) mass is 476 g/mol. The van der Waals surface area contributed by atoms with Gasteiger partial charge in [0.15, 0.2) is 5.96 Å². The first-order valence-corrected chi connectivity index (χ1v) is 9.00. The molecule has 0 aliphatic carbocycles. The minimum absolute atomic E-state index is 0. The number of guanidine groups is 1. The van der Waals surface area contributed by atoms with Gasteiger partial charge in [-0.25, -0.2) is 0 Å². The summed E-state index contributed by atoms with van der Waals surface area (Å²) in [5, 5.41) is 6.62. The third kappa shape index (κ3) is 7.77. The van der Waals surface area contributed by atoms with E-state index >= 15 is 0 Å². The van der Waals surface area contributed by atoms with E-state index in [1.54, 1.807) is 14.2 Å². The number of nitrogens with zero attached hydrogens (tertiary/aromatic N) is 2. The Morgan fingerprint density at radius 2 is 1.85 bits per heavy atom. The fourth-order valence-electron chi connectivity index (χ4n) is 3.21. The van der Waals surface area contributed by atoms with Gasteiger partial charge in [0.2, 0.25) is 0 Å². The van der Waals surface area contributed by atoms with Gasteiger partial charge in [0.25, 0.3) is 0 Å². The predicted octanol–water partition coefficient (Wildman–Crippen LogP) is 2.23. The van der Waals surface area contributed by atoms with E-state index in [-0.39, 0.29) is 36.2 Å². The van der Waals surface area contributed by atoms with Crippen LogP contribution < -0.4 is 10.6 Å². The summed E-state index contributed by atoms with van der Waals surface area (Å²) >= 11 is 0. The van der Waals surface area contributed by atoms with E-state index in [9.17, 15) is 0 Å². The molecule has 0 bridgehead atoms. The number of aliphatic imine (C=N–C) groups is 1. The highest BCUT2D eigenvalue weighted by atomic mass is 127. The van der Waals surface area contributed by atoms with Crippen LogP contribution in [0.4, 0.5) is 0 Å². The highest BCUT2D eigenvalue weighted by molar-refractivity contribution is 14.0. The van der Waals surface area contributed by atoms with E-state index in [0.29, 0.717) is 6.61 Å². The van der Waals surface area contributed by atoms with E-state index in [4.69, 9.17) is 9.47 Å². The molecule has 26 heavy (non-hydrogen) atoms. The lowest BCUT2D eigenvalue weighted by Gasteiger charge is -2.35. The van der Waals surface area contributed by atoms with Crippen LogP contribution >= 0.6 is 24.0 Å². The van der Waals surface area contributed by atoms with Gasteiger partial charge in [-0.1, -0.05) is 24.3 Å². The second kappa shape index (κ2) is 12.5. The highest BCUT2D eigenvalue weighted by Gasteiger charge is 2.22. The zero-order chi connectivity index (χ0) is 18.1. The maximum atomic E-state index is 5.84. The Kier molecular flexibility index (Phi) is 11.1. The topological polar surface area (TPSA) is 58.1 Å². The Morgan fingerprint density at radius 1 is 1.19 bits per heavy atom. The van der Waals surface area contributed by atoms with E-state index < -0.39 is 0 Å². The van der Waals surface area contributed by atoms with Crippen LogP contribution in [-0.4, -0.2) is 63.5 Å². The lowest BCUT2D eigenvalue weighted by atomic mass is 10.1. The minimum atomic E-state index is 0. The van der Waals surface area contributed by atoms with Gasteiger partial charge in [-0.2, -0.15) is 0 Å². The zero-order valence-electron chi connectivity index (χ0n) is 16.3. The van der Waals surface area contributed by atoms with Crippen molar-refractivity contribution in [3.05, 3.63) is 35.4 Å². The van der Waals surface area contributed by atoms with Gasteiger partial charge >= 0.3 is 0 Å². The SMILES string of the molecule is CN=C(NCCOC)NCc1ccccc1CN1CC(C)OC(C)C1.I. The molecule has 7 heteroatoms. The summed E-state index contributed by atoms with van der Waals surface area (Å²) in [6.07, 6.45) is 0.579. The van der Waals surface area contributed by atoms with Crippen molar-refractivity contribution >= 4 is 29.9 Å². The molecule has 2 rings (SSSR count). The molecule has 0 amide bonds. The summed E-state index contributed by atoms with van der Waals surface area (Å²) in [5.74, 6) is 0.792. The smallest absolute Gasteiger partial charge is 0.191 e. The molecule has 0 saturated carbocycles. The molecule has 6 nitrogen and oxygen atoms in total. The number of morpholine rings is 1. The van der Waals surface area contributed by atoms with Crippen molar-refractivity contribution in [3.8, 4) is 0 Å². The fourth-order valence-corrected chi connectivity index (χ4v) is 3.21. The Bertz CT molecular complexity index is 546. The van der Waals surface area contributed by atoms with Gasteiger partial charge in [-0.05, 0) is 25.0 Å². The molecule has 1 aliphatic rings. The molecule has 1 fully saturated rings. The average molecular weight is 476 g/mol. The normalized spacial score (nSPS) is 21.2. The van der Waals surface area contributed by atoms with Crippen molar-refractivity contribution in [3.63, 3.8) is 0 Å². The van der Waals surface area contributed by atoms with Crippen molar-refractivity contribution in [1.29, 1.82) is 0 Å². The van der Waals surface area contributed by atoms with Crippen LogP contribution in [0.1, 0.15) is 25.0 Å². The Labute approximate surface area is 174 Å². The number of rotatable bonds is 7. The van der Waals surface area contributed by atoms with E-state index in [0.717, 1.165) is 38.7 Å². The lowest BCUT2D eigenvalue weighted by Crippen LogP contribution is -2.45. The maximum Gasteiger partial charge on any atom is 0.191 e. The van der Waals surface area contributed by atoms with Crippen molar-refractivity contribution < 1.29 is 9.47 Å². The number of benzene rings is 1. The molecule has 0 aromatic heterocycles. The molecule has 2 unspecified atom stereocenters. The third-order valence-corrected chi connectivity index (χ3v) is 4.28. The van der Waals surface area contributed by atoms with Gasteiger partial charge in [-0.15, -0.1) is 24.0 Å². The van der Waals surface area contributed by atoms with Gasteiger partial charge in [0, 0.05) is 46.9 Å². The number of halogens is 1. The predicted molar refractivity (Wildman–Crippen MR) is 117 cm³/mol. The van der Waals surface area contributed by atoms with Crippen LogP contribution in [0.15, 0.2) is 29.3 Å². The molecular weight excluding hydrogens is 443 g/mol. The highest BCUT2D eigenvalue weighted by Crippen LogP contribution is 2.16. The first kappa shape index (κ1) is 23.1. The van der Waals surface area contributed by atoms with Gasteiger partial charge in [0.1, 0.15) is 0 Å². The Balaban J connectivity index is 0.00000338. The molecule has 1 saturated heterocycles.